The van der Waals surface area contributed by atoms with Gasteiger partial charge in [0.1, 0.15) is 11.5 Å². The van der Waals surface area contributed by atoms with Crippen LogP contribution in [0.2, 0.25) is 0 Å². The van der Waals surface area contributed by atoms with Crippen LogP contribution in [0, 0.1) is 11.3 Å². The molecular weight excluding hydrogens is 412 g/mol. The first-order valence-corrected chi connectivity index (χ1v) is 10.3. The van der Waals surface area contributed by atoms with Crippen molar-refractivity contribution in [2.45, 2.75) is 0 Å². The van der Waals surface area contributed by atoms with Crippen molar-refractivity contribution in [2.24, 2.45) is 0 Å². The van der Waals surface area contributed by atoms with E-state index < -0.39 is 0 Å². The van der Waals surface area contributed by atoms with Crippen LogP contribution in [0.3, 0.4) is 0 Å². The molecule has 0 spiro atoms. The van der Waals surface area contributed by atoms with E-state index in [9.17, 15) is 4.79 Å². The third-order valence-electron chi connectivity index (χ3n) is 5.29. The van der Waals surface area contributed by atoms with Crippen LogP contribution in [0.1, 0.15) is 5.56 Å². The number of hydrogen-bond acceptors (Lipinski definition) is 5. The van der Waals surface area contributed by atoms with Crippen molar-refractivity contribution in [3.05, 3.63) is 113 Å². The molecule has 0 bridgehead atoms. The summed E-state index contributed by atoms with van der Waals surface area (Å²) in [4.78, 5) is 13.1. The molecule has 5 rings (SSSR count). The Morgan fingerprint density at radius 3 is 2.03 bits per heavy atom. The number of hydrogen-bond donors (Lipinski definition) is 1. The lowest BCUT2D eigenvalue weighted by molar-refractivity contribution is 0.482. The van der Waals surface area contributed by atoms with Gasteiger partial charge in [-0.2, -0.15) is 15.0 Å². The second-order valence-corrected chi connectivity index (χ2v) is 7.47. The smallest absolute Gasteiger partial charge is 0.279 e. The van der Waals surface area contributed by atoms with Crippen molar-refractivity contribution in [3.8, 4) is 34.5 Å². The zero-order valence-electron chi connectivity index (χ0n) is 17.5. The Morgan fingerprint density at radius 2 is 1.39 bits per heavy atom. The molecule has 0 amide bonds. The van der Waals surface area contributed by atoms with Crippen molar-refractivity contribution < 1.29 is 4.74 Å². The van der Waals surface area contributed by atoms with Gasteiger partial charge in [-0.15, -0.1) is 0 Å². The SMILES string of the molecule is N#Cc1ccc(Oc2ccc(-c3nn(-c4ccc(N)cc4)c(=O)c4ccccc34)cc2)cc1. The third-order valence-corrected chi connectivity index (χ3v) is 5.29. The van der Waals surface area contributed by atoms with Gasteiger partial charge in [0.05, 0.1) is 28.4 Å². The molecular formula is C27H18N4O2. The maximum atomic E-state index is 13.1. The number of fused-ring (bicyclic) bond motifs is 1. The van der Waals surface area contributed by atoms with E-state index in [-0.39, 0.29) is 5.56 Å². The maximum absolute atomic E-state index is 13.1. The van der Waals surface area contributed by atoms with E-state index in [1.165, 1.54) is 4.68 Å². The fourth-order valence-corrected chi connectivity index (χ4v) is 3.61. The first-order chi connectivity index (χ1) is 16.1. The number of anilines is 1. The zero-order chi connectivity index (χ0) is 22.8. The minimum absolute atomic E-state index is 0.195. The standard InChI is InChI=1S/C27H18N4O2/c28-17-18-5-13-22(14-6-18)33-23-15-7-19(8-16-23)26-24-3-1-2-4-25(24)27(32)31(30-26)21-11-9-20(29)10-12-21/h1-16H,29H2. The number of nitriles is 1. The highest BCUT2D eigenvalue weighted by molar-refractivity contribution is 5.94. The summed E-state index contributed by atoms with van der Waals surface area (Å²) >= 11 is 0. The molecule has 2 N–H and O–H groups in total. The molecule has 0 saturated heterocycles. The molecule has 0 fully saturated rings. The van der Waals surface area contributed by atoms with Crippen LogP contribution in [0.15, 0.2) is 102 Å². The summed E-state index contributed by atoms with van der Waals surface area (Å²) in [5.74, 6) is 1.29. The summed E-state index contributed by atoms with van der Waals surface area (Å²) in [6.07, 6.45) is 0. The van der Waals surface area contributed by atoms with E-state index in [0.29, 0.717) is 39.5 Å². The van der Waals surface area contributed by atoms with Crippen molar-refractivity contribution >= 4 is 16.5 Å². The normalized spacial score (nSPS) is 10.6. The van der Waals surface area contributed by atoms with Gasteiger partial charge in [0.15, 0.2) is 0 Å². The van der Waals surface area contributed by atoms with Crippen LogP contribution in [-0.2, 0) is 0 Å². The molecule has 0 atom stereocenters. The van der Waals surface area contributed by atoms with Crippen LogP contribution in [0.25, 0.3) is 27.7 Å². The van der Waals surface area contributed by atoms with Gasteiger partial charge in [-0.3, -0.25) is 4.79 Å². The van der Waals surface area contributed by atoms with Crippen LogP contribution in [-0.4, -0.2) is 9.78 Å². The Labute approximate surface area is 189 Å². The molecule has 0 radical (unpaired) electrons. The van der Waals surface area contributed by atoms with E-state index in [1.807, 2.05) is 42.5 Å². The third kappa shape index (κ3) is 3.91. The van der Waals surface area contributed by atoms with Crippen LogP contribution < -0.4 is 16.0 Å². The predicted octanol–water partition coefficient (Wildman–Crippen LogP) is 5.30. The number of nitrogens with zero attached hydrogens (tertiary/aromatic N) is 3. The summed E-state index contributed by atoms with van der Waals surface area (Å²) in [6, 6.07) is 31.0. The number of aromatic nitrogens is 2. The monoisotopic (exact) mass is 430 g/mol. The van der Waals surface area contributed by atoms with Crippen molar-refractivity contribution in [1.82, 2.24) is 9.78 Å². The molecule has 6 nitrogen and oxygen atoms in total. The molecule has 0 saturated carbocycles. The first kappa shape index (κ1) is 20.0. The largest absolute Gasteiger partial charge is 0.457 e. The fourth-order valence-electron chi connectivity index (χ4n) is 3.61. The molecule has 0 aliphatic rings. The molecule has 1 aromatic heterocycles. The Bertz CT molecular complexity index is 1550. The quantitative estimate of drug-likeness (QED) is 0.391. The summed E-state index contributed by atoms with van der Waals surface area (Å²) in [7, 11) is 0. The van der Waals surface area contributed by atoms with E-state index in [4.69, 9.17) is 20.8 Å². The van der Waals surface area contributed by atoms with Crippen LogP contribution >= 0.6 is 0 Å². The summed E-state index contributed by atoms with van der Waals surface area (Å²) in [5.41, 5.74) is 8.98. The van der Waals surface area contributed by atoms with Crippen molar-refractivity contribution in [1.29, 1.82) is 5.26 Å². The van der Waals surface area contributed by atoms with E-state index in [2.05, 4.69) is 6.07 Å². The highest BCUT2D eigenvalue weighted by Gasteiger charge is 2.13. The first-order valence-electron chi connectivity index (χ1n) is 10.3. The highest BCUT2D eigenvalue weighted by atomic mass is 16.5. The van der Waals surface area contributed by atoms with Gasteiger partial charge in [-0.05, 0) is 78.9 Å². The van der Waals surface area contributed by atoms with Gasteiger partial charge in [-0.1, -0.05) is 18.2 Å². The molecule has 0 unspecified atom stereocenters. The molecule has 0 aliphatic heterocycles. The minimum atomic E-state index is -0.195. The Hall–Kier alpha value is -4.89. The van der Waals surface area contributed by atoms with Gasteiger partial charge in [0.2, 0.25) is 0 Å². The summed E-state index contributed by atoms with van der Waals surface area (Å²) in [5, 5.41) is 15.0. The Morgan fingerprint density at radius 1 is 0.788 bits per heavy atom. The second-order valence-electron chi connectivity index (χ2n) is 7.47. The number of rotatable bonds is 4. The van der Waals surface area contributed by atoms with Crippen molar-refractivity contribution in [2.75, 3.05) is 5.73 Å². The summed E-state index contributed by atoms with van der Waals surface area (Å²) < 4.78 is 7.28. The van der Waals surface area contributed by atoms with E-state index in [0.717, 1.165) is 10.9 Å². The molecule has 0 aliphatic carbocycles. The molecule has 4 aromatic carbocycles. The highest BCUT2D eigenvalue weighted by Crippen LogP contribution is 2.29. The molecule has 158 valence electrons. The lowest BCUT2D eigenvalue weighted by atomic mass is 10.0. The Kier molecular flexibility index (Phi) is 5.06. The van der Waals surface area contributed by atoms with Crippen LogP contribution in [0.4, 0.5) is 5.69 Å². The second kappa shape index (κ2) is 8.33. The topological polar surface area (TPSA) is 93.9 Å². The average molecular weight is 430 g/mol. The maximum Gasteiger partial charge on any atom is 0.279 e. The zero-order valence-corrected chi connectivity index (χ0v) is 17.5. The van der Waals surface area contributed by atoms with Crippen LogP contribution in [0.5, 0.6) is 11.5 Å². The minimum Gasteiger partial charge on any atom is -0.457 e. The van der Waals surface area contributed by atoms with Gasteiger partial charge in [-0.25, -0.2) is 0 Å². The number of ether oxygens (including phenoxy) is 1. The molecule has 1 heterocycles. The molecule has 6 heteroatoms. The molecule has 5 aromatic rings. The van der Waals surface area contributed by atoms with E-state index in [1.54, 1.807) is 54.6 Å². The predicted molar refractivity (Wildman–Crippen MR) is 128 cm³/mol. The number of benzene rings is 4. The van der Waals surface area contributed by atoms with E-state index >= 15 is 0 Å². The van der Waals surface area contributed by atoms with Gasteiger partial charge in [0.25, 0.3) is 5.56 Å². The van der Waals surface area contributed by atoms with Crippen molar-refractivity contribution in [3.63, 3.8) is 0 Å². The summed E-state index contributed by atoms with van der Waals surface area (Å²) in [6.45, 7) is 0. The average Bonchev–Trinajstić information content (AvgIpc) is 2.86. The number of nitrogen functional groups attached to an aromatic ring is 1. The number of nitrogens with two attached hydrogens (primary N) is 1. The van der Waals surface area contributed by atoms with Gasteiger partial charge >= 0.3 is 0 Å². The fraction of sp³-hybridized carbons (Fsp3) is 0. The lowest BCUT2D eigenvalue weighted by Gasteiger charge is -2.12. The Balaban J connectivity index is 1.56. The molecule has 33 heavy (non-hydrogen) atoms. The lowest BCUT2D eigenvalue weighted by Crippen LogP contribution is -2.22. The van der Waals surface area contributed by atoms with Gasteiger partial charge in [0, 0.05) is 16.6 Å². The van der Waals surface area contributed by atoms with Gasteiger partial charge < -0.3 is 10.5 Å².